The largest absolute Gasteiger partial charge is 0.491 e. The minimum atomic E-state index is -1.05. The second-order valence-electron chi connectivity index (χ2n) is 7.53. The molecule has 0 radical (unpaired) electrons. The molecule has 1 spiro atoms. The molecular weight excluding hydrogens is 372 g/mol. The van der Waals surface area contributed by atoms with Crippen molar-refractivity contribution in [3.05, 3.63) is 29.3 Å². The topological polar surface area (TPSA) is 79.0 Å². The fraction of sp³-hybridized carbons (Fsp3) is 0.526. The second-order valence-corrected chi connectivity index (χ2v) is 7.53. The highest BCUT2D eigenvalue weighted by molar-refractivity contribution is 6.07. The lowest BCUT2D eigenvalue weighted by Gasteiger charge is -2.42. The van der Waals surface area contributed by atoms with E-state index in [4.69, 9.17) is 0 Å². The van der Waals surface area contributed by atoms with Crippen LogP contribution in [0.4, 0.5) is 13.6 Å². The van der Waals surface area contributed by atoms with Crippen LogP contribution in [-0.4, -0.2) is 59.9 Å². The Balaban J connectivity index is 1.79. The molecule has 2 saturated heterocycles. The Morgan fingerprint density at radius 3 is 2.46 bits per heavy atom. The van der Waals surface area contributed by atoms with E-state index in [2.05, 4.69) is 10.1 Å². The summed E-state index contributed by atoms with van der Waals surface area (Å²) in [4.78, 5) is 40.4. The summed E-state index contributed by atoms with van der Waals surface area (Å²) < 4.78 is 32.7. The monoisotopic (exact) mass is 395 g/mol. The highest BCUT2D eigenvalue weighted by atomic mass is 19.1. The number of carbonyl (C=O) groups is 3. The van der Waals surface area contributed by atoms with Crippen LogP contribution in [0.2, 0.25) is 0 Å². The van der Waals surface area contributed by atoms with E-state index in [1.165, 1.54) is 4.90 Å². The second kappa shape index (κ2) is 7.37. The number of amides is 4. The summed E-state index contributed by atoms with van der Waals surface area (Å²) in [5, 5.41) is 2.37. The van der Waals surface area contributed by atoms with Crippen molar-refractivity contribution >= 4 is 17.8 Å². The predicted octanol–water partition coefficient (Wildman–Crippen LogP) is 2.16. The summed E-state index contributed by atoms with van der Waals surface area (Å²) >= 11 is 0. The molecule has 7 nitrogen and oxygen atoms in total. The molecule has 0 atom stereocenters. The van der Waals surface area contributed by atoms with E-state index in [-0.39, 0.29) is 43.3 Å². The molecule has 3 rings (SSSR count). The average Bonchev–Trinajstić information content (AvgIpc) is 2.86. The van der Waals surface area contributed by atoms with Crippen molar-refractivity contribution < 1.29 is 27.9 Å². The molecule has 0 unspecified atom stereocenters. The van der Waals surface area contributed by atoms with Crippen LogP contribution in [-0.2, 0) is 4.79 Å². The molecule has 2 aliphatic heterocycles. The third-order valence-corrected chi connectivity index (χ3v) is 5.31. The third-order valence-electron chi connectivity index (χ3n) is 5.31. The molecule has 0 bridgehead atoms. The number of nitrogens with one attached hydrogen (secondary N) is 1. The summed E-state index contributed by atoms with van der Waals surface area (Å²) in [5.41, 5.74) is -1.28. The molecule has 28 heavy (non-hydrogen) atoms. The van der Waals surface area contributed by atoms with Gasteiger partial charge >= 0.3 is 6.03 Å². The number of halogens is 2. The van der Waals surface area contributed by atoms with E-state index in [9.17, 15) is 23.2 Å². The van der Waals surface area contributed by atoms with E-state index in [1.54, 1.807) is 4.90 Å². The molecule has 2 heterocycles. The Bertz CT molecular complexity index is 820. The summed E-state index contributed by atoms with van der Waals surface area (Å²) in [6.45, 7) is 4.68. The van der Waals surface area contributed by atoms with Crippen LogP contribution >= 0.6 is 0 Å². The summed E-state index contributed by atoms with van der Waals surface area (Å²) in [5.74, 6) is -3.34. The lowest BCUT2D eigenvalue weighted by atomic mass is 9.85. The van der Waals surface area contributed by atoms with Gasteiger partial charge in [0, 0.05) is 19.6 Å². The molecule has 1 N–H and O–H groups in total. The van der Waals surface area contributed by atoms with Gasteiger partial charge in [0.05, 0.1) is 12.7 Å². The number of methoxy groups -OCH3 is 1. The van der Waals surface area contributed by atoms with Crippen LogP contribution in [0.5, 0.6) is 5.75 Å². The molecule has 1 aromatic carbocycles. The van der Waals surface area contributed by atoms with Gasteiger partial charge in [0.25, 0.3) is 11.8 Å². The first-order valence-corrected chi connectivity index (χ1v) is 9.15. The normalized spacial score (nSPS) is 18.8. The number of piperidine rings is 1. The van der Waals surface area contributed by atoms with E-state index in [0.717, 1.165) is 19.2 Å². The van der Waals surface area contributed by atoms with Crippen molar-refractivity contribution in [2.45, 2.75) is 32.2 Å². The minimum Gasteiger partial charge on any atom is -0.491 e. The Morgan fingerprint density at radius 2 is 1.89 bits per heavy atom. The quantitative estimate of drug-likeness (QED) is 0.793. The fourth-order valence-corrected chi connectivity index (χ4v) is 3.85. The fourth-order valence-electron chi connectivity index (χ4n) is 3.85. The molecule has 2 aliphatic rings. The molecular formula is C19H23F2N3O4. The van der Waals surface area contributed by atoms with Gasteiger partial charge in [0.2, 0.25) is 0 Å². The first kappa shape index (κ1) is 20.0. The lowest BCUT2D eigenvalue weighted by molar-refractivity contribution is -0.129. The van der Waals surface area contributed by atoms with E-state index in [1.807, 2.05) is 13.8 Å². The van der Waals surface area contributed by atoms with E-state index < -0.39 is 34.9 Å². The molecule has 0 aromatic heterocycles. The maximum atomic E-state index is 14.4. The van der Waals surface area contributed by atoms with Crippen LogP contribution in [0.15, 0.2) is 12.1 Å². The third kappa shape index (κ3) is 3.18. The molecule has 0 aliphatic carbocycles. The lowest BCUT2D eigenvalue weighted by Crippen LogP contribution is -2.58. The minimum absolute atomic E-state index is 0.174. The zero-order valence-electron chi connectivity index (χ0n) is 16.1. The van der Waals surface area contributed by atoms with Crippen LogP contribution in [0, 0.1) is 17.6 Å². The number of hydrogen-bond donors (Lipinski definition) is 1. The smallest absolute Gasteiger partial charge is 0.325 e. The number of nitrogens with zero attached hydrogens (tertiary/aromatic N) is 2. The van der Waals surface area contributed by atoms with Gasteiger partial charge < -0.3 is 14.5 Å². The predicted molar refractivity (Wildman–Crippen MR) is 95.9 cm³/mol. The number of benzene rings is 1. The van der Waals surface area contributed by atoms with Crippen LogP contribution in [0.25, 0.3) is 0 Å². The summed E-state index contributed by atoms with van der Waals surface area (Å²) in [7, 11) is 1.12. The van der Waals surface area contributed by atoms with Gasteiger partial charge in [-0.05, 0) is 30.9 Å². The maximum absolute atomic E-state index is 14.4. The summed E-state index contributed by atoms with van der Waals surface area (Å²) in [6.07, 6.45) is 0.506. The zero-order chi connectivity index (χ0) is 20.6. The molecule has 4 amide bonds. The highest BCUT2D eigenvalue weighted by Crippen LogP contribution is 2.35. The average molecular weight is 395 g/mol. The van der Waals surface area contributed by atoms with Gasteiger partial charge in [-0.15, -0.1) is 0 Å². The van der Waals surface area contributed by atoms with Crippen molar-refractivity contribution in [1.82, 2.24) is 15.1 Å². The van der Waals surface area contributed by atoms with Crippen LogP contribution < -0.4 is 10.1 Å². The number of rotatable bonds is 4. The Labute approximate surface area is 161 Å². The van der Waals surface area contributed by atoms with Gasteiger partial charge in [-0.3, -0.25) is 14.9 Å². The molecule has 1 aromatic rings. The van der Waals surface area contributed by atoms with Gasteiger partial charge in [-0.1, -0.05) is 13.8 Å². The van der Waals surface area contributed by atoms with Gasteiger partial charge in [0.1, 0.15) is 5.54 Å². The van der Waals surface area contributed by atoms with Crippen molar-refractivity contribution in [3.8, 4) is 5.75 Å². The molecule has 0 saturated carbocycles. The SMILES string of the molecule is COc1c(F)ccc(C(=O)N2CCC3(CC2)C(=O)NC(=O)N3CC(C)C)c1F. The first-order chi connectivity index (χ1) is 13.2. The number of hydrogen-bond acceptors (Lipinski definition) is 4. The standard InChI is InChI=1S/C19H23F2N3O4/c1-11(2)10-24-18(27)22-17(26)19(24)6-8-23(9-7-19)16(25)12-4-5-13(20)15(28-3)14(12)21/h4-5,11H,6-10H2,1-3H3,(H,22,26,27). The summed E-state index contributed by atoms with van der Waals surface area (Å²) in [6, 6.07) is 1.64. The Kier molecular flexibility index (Phi) is 5.27. The molecule has 2 fully saturated rings. The van der Waals surface area contributed by atoms with Gasteiger partial charge in [-0.25, -0.2) is 13.6 Å². The van der Waals surface area contributed by atoms with Crippen molar-refractivity contribution in [2.75, 3.05) is 26.7 Å². The number of likely N-dealkylation sites (tertiary alicyclic amines) is 1. The molecule has 152 valence electrons. The first-order valence-electron chi connectivity index (χ1n) is 9.15. The number of carbonyl (C=O) groups excluding carboxylic acids is 3. The van der Waals surface area contributed by atoms with Crippen LogP contribution in [0.1, 0.15) is 37.0 Å². The van der Waals surface area contributed by atoms with Gasteiger partial charge in [-0.2, -0.15) is 0 Å². The molecule has 9 heteroatoms. The number of imide groups is 1. The van der Waals surface area contributed by atoms with E-state index in [0.29, 0.717) is 6.54 Å². The Hall–Kier alpha value is -2.71. The number of urea groups is 1. The van der Waals surface area contributed by atoms with E-state index >= 15 is 0 Å². The Morgan fingerprint density at radius 1 is 1.25 bits per heavy atom. The number of ether oxygens (including phenoxy) is 1. The van der Waals surface area contributed by atoms with Crippen molar-refractivity contribution in [2.24, 2.45) is 5.92 Å². The van der Waals surface area contributed by atoms with Gasteiger partial charge in [0.15, 0.2) is 17.4 Å². The van der Waals surface area contributed by atoms with Crippen LogP contribution in [0.3, 0.4) is 0 Å². The van der Waals surface area contributed by atoms with Crippen molar-refractivity contribution in [1.29, 1.82) is 0 Å². The van der Waals surface area contributed by atoms with Crippen molar-refractivity contribution in [3.63, 3.8) is 0 Å². The highest BCUT2D eigenvalue weighted by Gasteiger charge is 2.54. The maximum Gasteiger partial charge on any atom is 0.325 e. The zero-order valence-corrected chi connectivity index (χ0v) is 16.1.